The van der Waals surface area contributed by atoms with Crippen LogP contribution in [0.1, 0.15) is 24.0 Å². The zero-order chi connectivity index (χ0) is 18.6. The minimum absolute atomic E-state index is 0.167. The van der Waals surface area contributed by atoms with Crippen LogP contribution < -0.4 is 20.1 Å². The molecule has 0 bridgehead atoms. The first-order chi connectivity index (χ1) is 12.6. The van der Waals surface area contributed by atoms with Gasteiger partial charge in [-0.05, 0) is 54.7 Å². The van der Waals surface area contributed by atoms with Crippen LogP contribution in [0.3, 0.4) is 0 Å². The summed E-state index contributed by atoms with van der Waals surface area (Å²) in [5.74, 6) is 1.34. The van der Waals surface area contributed by atoms with Gasteiger partial charge in [0.25, 0.3) is 0 Å². The Labute approximate surface area is 158 Å². The third kappa shape index (κ3) is 4.22. The topological polar surface area (TPSA) is 59.6 Å². The van der Waals surface area contributed by atoms with E-state index in [0.29, 0.717) is 23.1 Å². The molecular formula is C20H23ClN2O3. The van der Waals surface area contributed by atoms with Crippen molar-refractivity contribution >= 4 is 17.6 Å². The van der Waals surface area contributed by atoms with Crippen molar-refractivity contribution in [3.05, 3.63) is 58.6 Å². The van der Waals surface area contributed by atoms with Gasteiger partial charge in [0.05, 0.1) is 19.8 Å². The van der Waals surface area contributed by atoms with Gasteiger partial charge in [-0.25, -0.2) is 4.79 Å². The van der Waals surface area contributed by atoms with E-state index in [-0.39, 0.29) is 11.6 Å². The Balaban J connectivity index is 1.57. The number of benzene rings is 2. The van der Waals surface area contributed by atoms with Crippen molar-refractivity contribution in [3.63, 3.8) is 0 Å². The molecule has 1 fully saturated rings. The van der Waals surface area contributed by atoms with Gasteiger partial charge in [-0.3, -0.25) is 0 Å². The molecule has 138 valence electrons. The average molecular weight is 375 g/mol. The maximum Gasteiger partial charge on any atom is 0.315 e. The summed E-state index contributed by atoms with van der Waals surface area (Å²) in [4.78, 5) is 12.3. The fourth-order valence-corrected chi connectivity index (χ4v) is 3.23. The maximum atomic E-state index is 12.3. The van der Waals surface area contributed by atoms with Crippen molar-refractivity contribution in [3.8, 4) is 11.5 Å². The molecule has 0 radical (unpaired) electrons. The zero-order valence-corrected chi connectivity index (χ0v) is 15.7. The van der Waals surface area contributed by atoms with E-state index in [0.717, 1.165) is 30.4 Å². The molecule has 1 aliphatic rings. The Hall–Kier alpha value is -2.40. The summed E-state index contributed by atoms with van der Waals surface area (Å²) in [6.45, 7) is 0.550. The molecule has 0 unspecified atom stereocenters. The minimum Gasteiger partial charge on any atom is -0.493 e. The normalized spacial score (nSPS) is 14.4. The smallest absolute Gasteiger partial charge is 0.315 e. The summed E-state index contributed by atoms with van der Waals surface area (Å²) in [7, 11) is 3.22. The molecule has 0 heterocycles. The van der Waals surface area contributed by atoms with Crippen LogP contribution in [-0.2, 0) is 12.0 Å². The second kappa shape index (κ2) is 7.87. The van der Waals surface area contributed by atoms with Crippen LogP contribution in [0.4, 0.5) is 4.79 Å². The van der Waals surface area contributed by atoms with Gasteiger partial charge >= 0.3 is 6.03 Å². The lowest BCUT2D eigenvalue weighted by molar-refractivity contribution is 0.236. The monoisotopic (exact) mass is 374 g/mol. The van der Waals surface area contributed by atoms with Gasteiger partial charge in [0.1, 0.15) is 0 Å². The molecule has 0 spiro atoms. The molecule has 0 atom stereocenters. The Bertz CT molecular complexity index is 790. The van der Waals surface area contributed by atoms with Gasteiger partial charge in [-0.2, -0.15) is 0 Å². The average Bonchev–Trinajstić information content (AvgIpc) is 3.41. The van der Waals surface area contributed by atoms with Gasteiger partial charge in [0.15, 0.2) is 11.5 Å². The van der Waals surface area contributed by atoms with Gasteiger partial charge in [-0.15, -0.1) is 0 Å². The maximum absolute atomic E-state index is 12.3. The molecule has 3 rings (SSSR count). The number of rotatable bonds is 7. The molecule has 2 aromatic carbocycles. The highest BCUT2D eigenvalue weighted by atomic mass is 35.5. The van der Waals surface area contributed by atoms with E-state index in [1.165, 1.54) is 0 Å². The number of hydrogen-bond acceptors (Lipinski definition) is 3. The Morgan fingerprint density at radius 1 is 1.12 bits per heavy atom. The summed E-state index contributed by atoms with van der Waals surface area (Å²) >= 11 is 5.98. The molecule has 0 saturated heterocycles. The molecular weight excluding hydrogens is 352 g/mol. The first kappa shape index (κ1) is 18.4. The van der Waals surface area contributed by atoms with Crippen molar-refractivity contribution in [2.24, 2.45) is 0 Å². The van der Waals surface area contributed by atoms with Crippen LogP contribution >= 0.6 is 11.6 Å². The summed E-state index contributed by atoms with van der Waals surface area (Å²) in [5, 5.41) is 6.72. The quantitative estimate of drug-likeness (QED) is 0.773. The summed E-state index contributed by atoms with van der Waals surface area (Å²) in [6, 6.07) is 13.3. The molecule has 0 aliphatic heterocycles. The Kier molecular flexibility index (Phi) is 5.57. The molecule has 5 nitrogen and oxygen atoms in total. The van der Waals surface area contributed by atoms with Gasteiger partial charge in [0, 0.05) is 11.6 Å². The molecule has 2 aromatic rings. The fraction of sp³-hybridized carbons (Fsp3) is 0.350. The van der Waals surface area contributed by atoms with Crippen molar-refractivity contribution in [2.45, 2.75) is 24.8 Å². The molecule has 1 saturated carbocycles. The highest BCUT2D eigenvalue weighted by Crippen LogP contribution is 2.47. The molecule has 1 aliphatic carbocycles. The molecule has 6 heteroatoms. The molecule has 2 amide bonds. The van der Waals surface area contributed by atoms with Crippen LogP contribution in [0.25, 0.3) is 0 Å². The number of methoxy groups -OCH3 is 2. The van der Waals surface area contributed by atoms with Crippen LogP contribution in [-0.4, -0.2) is 26.8 Å². The highest BCUT2D eigenvalue weighted by Gasteiger charge is 2.46. The molecule has 2 N–H and O–H groups in total. The summed E-state index contributed by atoms with van der Waals surface area (Å²) < 4.78 is 10.6. The lowest BCUT2D eigenvalue weighted by atomic mass is 10.0. The van der Waals surface area contributed by atoms with Crippen LogP contribution in [0.2, 0.25) is 5.02 Å². The SMILES string of the molecule is COc1ccc(C2(NC(=O)NCCc3cccc(Cl)c3)CC2)cc1OC. The number of urea groups is 1. The van der Waals surface area contributed by atoms with E-state index in [2.05, 4.69) is 10.6 Å². The van der Waals surface area contributed by atoms with Gasteiger partial charge in [0.2, 0.25) is 0 Å². The highest BCUT2D eigenvalue weighted by molar-refractivity contribution is 6.30. The van der Waals surface area contributed by atoms with E-state index in [9.17, 15) is 4.79 Å². The standard InChI is InChI=1S/C20H23ClN2O3/c1-25-17-7-6-15(13-18(17)26-2)20(9-10-20)23-19(24)22-11-8-14-4-3-5-16(21)12-14/h3-7,12-13H,8-11H2,1-2H3,(H2,22,23,24). The number of hydrogen-bond donors (Lipinski definition) is 2. The van der Waals surface area contributed by atoms with E-state index in [1.54, 1.807) is 14.2 Å². The van der Waals surface area contributed by atoms with Crippen molar-refractivity contribution in [1.82, 2.24) is 10.6 Å². The molecule has 26 heavy (non-hydrogen) atoms. The number of carbonyl (C=O) groups excluding carboxylic acids is 1. The number of nitrogens with one attached hydrogen (secondary N) is 2. The number of ether oxygens (including phenoxy) is 2. The van der Waals surface area contributed by atoms with Crippen LogP contribution in [0, 0.1) is 0 Å². The predicted octanol–water partition coefficient (Wildman–Crippen LogP) is 3.89. The minimum atomic E-state index is -0.320. The zero-order valence-electron chi connectivity index (χ0n) is 15.0. The van der Waals surface area contributed by atoms with Gasteiger partial charge in [-0.1, -0.05) is 29.8 Å². The van der Waals surface area contributed by atoms with Crippen molar-refractivity contribution in [1.29, 1.82) is 0 Å². The van der Waals surface area contributed by atoms with Crippen LogP contribution in [0.15, 0.2) is 42.5 Å². The number of halogens is 1. The Morgan fingerprint density at radius 3 is 2.54 bits per heavy atom. The first-order valence-corrected chi connectivity index (χ1v) is 8.97. The van der Waals surface area contributed by atoms with Crippen molar-refractivity contribution < 1.29 is 14.3 Å². The first-order valence-electron chi connectivity index (χ1n) is 8.59. The van der Waals surface area contributed by atoms with E-state index in [4.69, 9.17) is 21.1 Å². The van der Waals surface area contributed by atoms with Crippen LogP contribution in [0.5, 0.6) is 11.5 Å². The third-order valence-corrected chi connectivity index (χ3v) is 4.86. The number of amides is 2. The van der Waals surface area contributed by atoms with E-state index in [1.807, 2.05) is 42.5 Å². The second-order valence-corrected chi connectivity index (χ2v) is 6.85. The third-order valence-electron chi connectivity index (χ3n) is 4.63. The number of carbonyl (C=O) groups is 1. The summed E-state index contributed by atoms with van der Waals surface area (Å²) in [6.07, 6.45) is 2.55. The fourth-order valence-electron chi connectivity index (χ4n) is 3.02. The summed E-state index contributed by atoms with van der Waals surface area (Å²) in [5.41, 5.74) is 1.80. The Morgan fingerprint density at radius 2 is 1.88 bits per heavy atom. The van der Waals surface area contributed by atoms with Gasteiger partial charge < -0.3 is 20.1 Å². The van der Waals surface area contributed by atoms with E-state index < -0.39 is 0 Å². The second-order valence-electron chi connectivity index (χ2n) is 6.41. The lowest BCUT2D eigenvalue weighted by Crippen LogP contribution is -2.42. The molecule has 0 aromatic heterocycles. The van der Waals surface area contributed by atoms with Crippen molar-refractivity contribution in [2.75, 3.05) is 20.8 Å². The lowest BCUT2D eigenvalue weighted by Gasteiger charge is -2.20. The predicted molar refractivity (Wildman–Crippen MR) is 102 cm³/mol. The van der Waals surface area contributed by atoms with E-state index >= 15 is 0 Å². The largest absolute Gasteiger partial charge is 0.493 e.